The van der Waals surface area contributed by atoms with E-state index in [1.807, 2.05) is 0 Å². The van der Waals surface area contributed by atoms with E-state index in [1.54, 1.807) is 6.07 Å². The molecule has 12 nitrogen and oxygen atoms in total. The zero-order valence-electron chi connectivity index (χ0n) is 42.0. The van der Waals surface area contributed by atoms with E-state index >= 15 is 0 Å². The fourth-order valence-electron chi connectivity index (χ4n) is 7.06. The highest BCUT2D eigenvalue weighted by molar-refractivity contribution is 6.69. The van der Waals surface area contributed by atoms with Crippen molar-refractivity contribution in [3.8, 4) is 45.3 Å². The summed E-state index contributed by atoms with van der Waals surface area (Å²) >= 11 is 10.4. The molecule has 0 aliphatic rings. The molecule has 0 heterocycles. The molecule has 0 aliphatic heterocycles. The van der Waals surface area contributed by atoms with Crippen LogP contribution in [-0.2, 0) is 22.4 Å². The van der Waals surface area contributed by atoms with Gasteiger partial charge < -0.3 is 40.1 Å². The van der Waals surface area contributed by atoms with Gasteiger partial charge in [0, 0.05) is 40.4 Å². The Bertz CT molecular complexity index is 3200. The number of methoxy groups -OCH3 is 1. The summed E-state index contributed by atoms with van der Waals surface area (Å²) in [7, 11) is 1.08. The van der Waals surface area contributed by atoms with E-state index in [0.29, 0.717) is 27.7 Å². The number of aliphatic hydroxyl groups is 4. The molecule has 6 N–H and O–H groups in total. The topological polar surface area (TPSA) is 208 Å². The second-order valence-corrected chi connectivity index (χ2v) is 18.7. The number of carbonyl (C=O) groups is 4. The van der Waals surface area contributed by atoms with Gasteiger partial charge in [0.25, 0.3) is 10.5 Å². The van der Waals surface area contributed by atoms with Gasteiger partial charge in [-0.15, -0.1) is 0 Å². The van der Waals surface area contributed by atoms with E-state index in [1.165, 1.54) is 61.5 Å². The molecule has 4 atom stereocenters. The Labute approximate surface area is 457 Å². The van der Waals surface area contributed by atoms with Crippen LogP contribution in [0.25, 0.3) is 22.3 Å². The SMILES string of the molecule is CC(O)(c1cc(-c2ccc(O)c(C(C)(O)C(F)(F)F)c2)ccc1O)C(F)(F)F.COc1ccc(-c2ccc(OC(=O)c3cccc(C(C)=O)c3)c(C(C)(O)C(F)(F)F)c2)cc1C(C)(O)C(F)(F)F.O=C(Cl)c1cccc(C(=O)Cl)c1.[HH]. The Balaban J connectivity index is 0.000000362. The van der Waals surface area contributed by atoms with Crippen molar-refractivity contribution >= 4 is 45.4 Å². The number of phenolic OH excluding ortho intramolecular Hbond substituents is 2. The summed E-state index contributed by atoms with van der Waals surface area (Å²) in [6.07, 6.45) is -20.7. The Kier molecular flexibility index (Phi) is 19.5. The van der Waals surface area contributed by atoms with Crippen LogP contribution in [0.2, 0.25) is 0 Å². The van der Waals surface area contributed by atoms with Crippen LogP contribution in [-0.4, -0.2) is 84.7 Å². The van der Waals surface area contributed by atoms with Gasteiger partial charge in [-0.05, 0) is 147 Å². The molecule has 0 aliphatic carbocycles. The first-order chi connectivity index (χ1) is 36.4. The van der Waals surface area contributed by atoms with E-state index < -0.39 is 103 Å². The van der Waals surface area contributed by atoms with Crippen LogP contribution >= 0.6 is 23.2 Å². The van der Waals surface area contributed by atoms with Crippen LogP contribution in [0, 0.1) is 0 Å². The lowest BCUT2D eigenvalue weighted by atomic mass is 9.88. The highest BCUT2D eigenvalue weighted by atomic mass is 35.5. The molecule has 0 spiro atoms. The molecule has 26 heteroatoms. The molecule has 6 rings (SSSR count). The number of hydrogen-bond donors (Lipinski definition) is 6. The van der Waals surface area contributed by atoms with Crippen molar-refractivity contribution in [2.75, 3.05) is 7.11 Å². The molecule has 0 saturated carbocycles. The maximum absolute atomic E-state index is 13.9. The smallest absolute Gasteiger partial charge is 0.421 e. The molecular formula is C54H46Cl2F12O12. The average Bonchev–Trinajstić information content (AvgIpc) is 3.35. The molecule has 4 unspecified atom stereocenters. The van der Waals surface area contributed by atoms with E-state index in [-0.39, 0.29) is 57.5 Å². The van der Waals surface area contributed by atoms with Gasteiger partial charge in [-0.3, -0.25) is 14.4 Å². The number of hydrogen-bond acceptors (Lipinski definition) is 12. The Morgan fingerprint density at radius 1 is 0.425 bits per heavy atom. The molecular weight excluding hydrogens is 1140 g/mol. The van der Waals surface area contributed by atoms with Crippen molar-refractivity contribution < 1.29 is 113 Å². The standard InChI is InChI=1S/C28H24F6O6.C18H16F6O4.C8H4Cl2O2.H2/c1-15(35)16-6-5-7-19(12-16)24(36)40-23-11-9-18(14-21(23)26(3,38)28(32,33)34)17-8-10-22(39-4)20(13-17)25(2,37)27(29,30)31;1-15(27,17(19,20)21)11-7-9(3-5-13(11)25)10-4-6-14(26)12(8-10)16(2,28)18(22,23)24;9-7(11)5-2-1-3-6(4-5)8(10)12;/h5-14,37-38H,1-4H3;3-8,25-28H,1-2H3;1-4H;1H. The predicted octanol–water partition coefficient (Wildman–Crippen LogP) is 13.3. The number of halogens is 14. The fraction of sp³-hybridized carbons (Fsp3) is 0.259. The lowest BCUT2D eigenvalue weighted by Crippen LogP contribution is -2.39. The van der Waals surface area contributed by atoms with Crippen molar-refractivity contribution in [3.63, 3.8) is 0 Å². The summed E-state index contributed by atoms with van der Waals surface area (Å²) in [5, 5.41) is 58.5. The molecule has 0 fully saturated rings. The summed E-state index contributed by atoms with van der Waals surface area (Å²) in [6.45, 7) is 3.01. The molecule has 0 saturated heterocycles. The third kappa shape index (κ3) is 14.4. The van der Waals surface area contributed by atoms with Gasteiger partial charge in [0.15, 0.2) is 28.2 Å². The first kappa shape index (κ1) is 65.3. The number of benzene rings is 6. The minimum Gasteiger partial charge on any atom is -0.508 e. The second kappa shape index (κ2) is 23.9. The number of alkyl halides is 12. The van der Waals surface area contributed by atoms with Gasteiger partial charge in [-0.25, -0.2) is 4.79 Å². The molecule has 80 heavy (non-hydrogen) atoms. The predicted molar refractivity (Wildman–Crippen MR) is 266 cm³/mol. The van der Waals surface area contributed by atoms with Crippen LogP contribution in [0.1, 0.15) is 99.7 Å². The van der Waals surface area contributed by atoms with Crippen molar-refractivity contribution in [1.82, 2.24) is 0 Å². The molecule has 6 aromatic carbocycles. The van der Waals surface area contributed by atoms with Crippen molar-refractivity contribution in [2.24, 2.45) is 0 Å². The van der Waals surface area contributed by atoms with E-state index in [9.17, 15) is 103 Å². The van der Waals surface area contributed by atoms with Gasteiger partial charge in [0.2, 0.25) is 0 Å². The Morgan fingerprint density at radius 3 is 1.05 bits per heavy atom. The maximum Gasteiger partial charge on any atom is 0.421 e. The summed E-state index contributed by atoms with van der Waals surface area (Å²) in [5.74, 6) is -4.24. The maximum atomic E-state index is 13.9. The normalized spacial score (nSPS) is 14.9. The highest BCUT2D eigenvalue weighted by Crippen LogP contribution is 2.49. The van der Waals surface area contributed by atoms with E-state index in [0.717, 1.165) is 67.8 Å². The third-order valence-corrected chi connectivity index (χ3v) is 12.6. The number of aromatic hydroxyl groups is 2. The number of ketones is 1. The molecule has 6 aromatic rings. The zero-order valence-corrected chi connectivity index (χ0v) is 43.5. The van der Waals surface area contributed by atoms with Crippen molar-refractivity contribution in [2.45, 2.75) is 81.7 Å². The van der Waals surface area contributed by atoms with Crippen LogP contribution in [0.4, 0.5) is 52.7 Å². The summed E-state index contributed by atoms with van der Waals surface area (Å²) in [6, 6.07) is 22.8. The first-order valence-electron chi connectivity index (χ1n) is 22.4. The molecule has 0 radical (unpaired) electrons. The van der Waals surface area contributed by atoms with Crippen molar-refractivity contribution in [1.29, 1.82) is 0 Å². The highest BCUT2D eigenvalue weighted by Gasteiger charge is 2.56. The van der Waals surface area contributed by atoms with Gasteiger partial charge >= 0.3 is 30.7 Å². The Hall–Kier alpha value is -7.22. The largest absolute Gasteiger partial charge is 0.508 e. The minimum atomic E-state index is -5.26. The van der Waals surface area contributed by atoms with Crippen LogP contribution in [0.3, 0.4) is 0 Å². The first-order valence-corrected chi connectivity index (χ1v) is 23.2. The number of phenols is 2. The second-order valence-electron chi connectivity index (χ2n) is 18.0. The van der Waals surface area contributed by atoms with Crippen LogP contribution in [0.15, 0.2) is 121 Å². The van der Waals surface area contributed by atoms with Gasteiger partial charge in [-0.2, -0.15) is 52.7 Å². The molecule has 0 amide bonds. The lowest BCUT2D eigenvalue weighted by molar-refractivity contribution is -0.259. The van der Waals surface area contributed by atoms with Gasteiger partial charge in [-0.1, -0.05) is 54.6 Å². The van der Waals surface area contributed by atoms with E-state index in [2.05, 4.69) is 0 Å². The fourth-order valence-corrected chi connectivity index (χ4v) is 7.29. The van der Waals surface area contributed by atoms with Crippen LogP contribution < -0.4 is 9.47 Å². The summed E-state index contributed by atoms with van der Waals surface area (Å²) in [4.78, 5) is 45.6. The summed E-state index contributed by atoms with van der Waals surface area (Å²) < 4.78 is 171. The number of ether oxygens (including phenoxy) is 2. The van der Waals surface area contributed by atoms with E-state index in [4.69, 9.17) is 32.7 Å². The zero-order chi connectivity index (χ0) is 61.1. The molecule has 432 valence electrons. The quantitative estimate of drug-likeness (QED) is 0.0222. The molecule has 0 aromatic heterocycles. The number of Topliss-reactive ketones (excluding diaryl/α,β-unsaturated/α-hetero) is 1. The number of esters is 1. The van der Waals surface area contributed by atoms with Crippen molar-refractivity contribution in [3.05, 3.63) is 166 Å². The molecule has 0 bridgehead atoms. The average molecular weight is 1190 g/mol. The summed E-state index contributed by atoms with van der Waals surface area (Å²) in [5.41, 5.74) is -17.0. The lowest BCUT2D eigenvalue weighted by Gasteiger charge is -2.29. The minimum absolute atomic E-state index is 0. The van der Waals surface area contributed by atoms with Gasteiger partial charge in [0.05, 0.1) is 12.7 Å². The number of rotatable bonds is 12. The third-order valence-electron chi connectivity index (χ3n) is 12.2. The monoisotopic (exact) mass is 1180 g/mol. The number of carbonyl (C=O) groups excluding carboxylic acids is 4. The Morgan fingerprint density at radius 2 is 0.713 bits per heavy atom. The van der Waals surface area contributed by atoms with Gasteiger partial charge in [0.1, 0.15) is 23.0 Å². The van der Waals surface area contributed by atoms with Crippen LogP contribution in [0.5, 0.6) is 23.0 Å².